The molecule has 28 heavy (non-hydrogen) atoms. The van der Waals surface area contributed by atoms with Crippen LogP contribution in [0.2, 0.25) is 0 Å². The summed E-state index contributed by atoms with van der Waals surface area (Å²) in [7, 11) is 1.54. The van der Waals surface area contributed by atoms with Crippen molar-refractivity contribution in [1.82, 2.24) is 15.3 Å². The Balaban J connectivity index is 1.65. The molecule has 1 fully saturated rings. The normalized spacial score (nSPS) is 19.2. The van der Waals surface area contributed by atoms with Crippen LogP contribution in [0.3, 0.4) is 0 Å². The lowest BCUT2D eigenvalue weighted by molar-refractivity contribution is 0.0921. The van der Waals surface area contributed by atoms with E-state index in [0.29, 0.717) is 19.1 Å². The first-order valence-electron chi connectivity index (χ1n) is 9.53. The second kappa shape index (κ2) is 9.36. The van der Waals surface area contributed by atoms with Crippen LogP contribution in [0, 0.1) is 0 Å². The Labute approximate surface area is 162 Å². The molecule has 1 aromatic carbocycles. The molecule has 2 aromatic rings. The summed E-state index contributed by atoms with van der Waals surface area (Å²) in [6.45, 7) is 0.706. The minimum atomic E-state index is -0.708. The first kappa shape index (κ1) is 19.9. The summed E-state index contributed by atoms with van der Waals surface area (Å²) in [5.74, 6) is 0.0475. The van der Waals surface area contributed by atoms with Crippen molar-refractivity contribution in [3.8, 4) is 0 Å². The van der Waals surface area contributed by atoms with E-state index < -0.39 is 17.2 Å². The molecule has 4 N–H and O–H groups in total. The molecule has 1 amide bonds. The number of carbonyl (C=O) groups is 1. The van der Waals surface area contributed by atoms with Crippen molar-refractivity contribution < 1.29 is 9.53 Å². The number of carbonyl (C=O) groups excluding carboxylic acids is 1. The predicted molar refractivity (Wildman–Crippen MR) is 107 cm³/mol. The van der Waals surface area contributed by atoms with Gasteiger partial charge in [-0.15, -0.1) is 0 Å². The zero-order valence-electron chi connectivity index (χ0n) is 15.9. The van der Waals surface area contributed by atoms with Gasteiger partial charge < -0.3 is 20.4 Å². The van der Waals surface area contributed by atoms with Crippen LogP contribution < -0.4 is 21.9 Å². The quantitative estimate of drug-likeness (QED) is 0.539. The predicted octanol–water partition coefficient (Wildman–Crippen LogP) is 1.58. The minimum Gasteiger partial charge on any atom is -0.383 e. The summed E-state index contributed by atoms with van der Waals surface area (Å²) < 4.78 is 4.95. The summed E-state index contributed by atoms with van der Waals surface area (Å²) in [5, 5.41) is 5.82. The molecule has 8 nitrogen and oxygen atoms in total. The van der Waals surface area contributed by atoms with Crippen molar-refractivity contribution in [1.29, 1.82) is 0 Å². The van der Waals surface area contributed by atoms with Crippen molar-refractivity contribution >= 4 is 11.6 Å². The Morgan fingerprint density at radius 2 is 1.82 bits per heavy atom. The maximum atomic E-state index is 12.7. The maximum absolute atomic E-state index is 12.7. The Morgan fingerprint density at radius 1 is 1.11 bits per heavy atom. The second-order valence-electron chi connectivity index (χ2n) is 7.01. The zero-order chi connectivity index (χ0) is 19.9. The summed E-state index contributed by atoms with van der Waals surface area (Å²) in [6.07, 6.45) is 3.68. The highest BCUT2D eigenvalue weighted by molar-refractivity contribution is 5.97. The number of anilines is 1. The van der Waals surface area contributed by atoms with E-state index in [1.165, 1.54) is 12.7 Å². The van der Waals surface area contributed by atoms with Gasteiger partial charge in [0.15, 0.2) is 0 Å². The van der Waals surface area contributed by atoms with Gasteiger partial charge in [0.05, 0.1) is 6.61 Å². The van der Waals surface area contributed by atoms with Crippen LogP contribution in [-0.4, -0.2) is 42.2 Å². The number of ether oxygens (including phenoxy) is 1. The third-order valence-corrected chi connectivity index (χ3v) is 5.11. The van der Waals surface area contributed by atoms with Crippen LogP contribution >= 0.6 is 0 Å². The van der Waals surface area contributed by atoms with Gasteiger partial charge in [-0.25, -0.2) is 4.79 Å². The van der Waals surface area contributed by atoms with Gasteiger partial charge in [-0.3, -0.25) is 14.6 Å². The number of rotatable bonds is 7. The molecular weight excluding hydrogens is 360 g/mol. The number of H-pyrrole nitrogens is 2. The average molecular weight is 386 g/mol. The molecule has 1 aliphatic rings. The van der Waals surface area contributed by atoms with E-state index in [0.717, 1.165) is 25.7 Å². The van der Waals surface area contributed by atoms with Gasteiger partial charge in [-0.1, -0.05) is 30.3 Å². The number of amides is 1. The van der Waals surface area contributed by atoms with Gasteiger partial charge in [-0.05, 0) is 37.2 Å². The summed E-state index contributed by atoms with van der Waals surface area (Å²) in [6, 6.07) is 10.4. The molecule has 0 atom stereocenters. The number of aromatic nitrogens is 2. The number of nitrogens with one attached hydrogen (secondary N) is 4. The number of hydrogen-bond acceptors (Lipinski definition) is 5. The third-order valence-electron chi connectivity index (χ3n) is 5.11. The smallest absolute Gasteiger partial charge is 0.326 e. The Hall–Kier alpha value is -2.87. The number of benzene rings is 1. The van der Waals surface area contributed by atoms with Crippen molar-refractivity contribution in [2.75, 3.05) is 25.6 Å². The van der Waals surface area contributed by atoms with E-state index in [-0.39, 0.29) is 17.4 Å². The highest BCUT2D eigenvalue weighted by Gasteiger charge is 2.25. The van der Waals surface area contributed by atoms with Gasteiger partial charge in [0.1, 0.15) is 11.4 Å². The maximum Gasteiger partial charge on any atom is 0.326 e. The Kier molecular flexibility index (Phi) is 6.65. The molecule has 1 aliphatic carbocycles. The van der Waals surface area contributed by atoms with Crippen molar-refractivity contribution in [3.05, 3.63) is 62.4 Å². The van der Waals surface area contributed by atoms with Crippen LogP contribution in [0.5, 0.6) is 0 Å². The first-order chi connectivity index (χ1) is 13.6. The lowest BCUT2D eigenvalue weighted by Gasteiger charge is -2.29. The molecule has 0 unspecified atom stereocenters. The molecule has 1 aromatic heterocycles. The summed E-state index contributed by atoms with van der Waals surface area (Å²) in [5.41, 5.74) is -0.00370. The molecule has 0 saturated heterocycles. The standard InChI is InChI=1S/C20H26N4O4/c1-28-12-11-21-16-17(23-20(27)24-18(16)25)19(26)22-15-9-7-14(8-10-15)13-5-3-2-4-6-13/h2-6,14-15,21H,7-12H2,1H3,(H,22,26)(H2,23,24,25,27). The SMILES string of the molecule is COCCNc1c(C(=O)NC2CCC(c3ccccc3)CC2)[nH]c(=O)[nH]c1=O. The van der Waals surface area contributed by atoms with Crippen molar-refractivity contribution in [3.63, 3.8) is 0 Å². The molecular formula is C20H26N4O4. The van der Waals surface area contributed by atoms with E-state index in [2.05, 4.69) is 32.7 Å². The van der Waals surface area contributed by atoms with Gasteiger partial charge in [0.25, 0.3) is 11.5 Å². The van der Waals surface area contributed by atoms with Gasteiger partial charge >= 0.3 is 5.69 Å². The van der Waals surface area contributed by atoms with Crippen LogP contribution in [0.25, 0.3) is 0 Å². The lowest BCUT2D eigenvalue weighted by Crippen LogP contribution is -2.40. The van der Waals surface area contributed by atoms with Crippen LogP contribution in [-0.2, 0) is 4.74 Å². The van der Waals surface area contributed by atoms with E-state index in [4.69, 9.17) is 4.74 Å². The van der Waals surface area contributed by atoms with Gasteiger partial charge in [0.2, 0.25) is 0 Å². The third kappa shape index (κ3) is 4.89. The molecule has 0 bridgehead atoms. The second-order valence-corrected chi connectivity index (χ2v) is 7.01. The van der Waals surface area contributed by atoms with E-state index in [1.807, 2.05) is 18.2 Å². The van der Waals surface area contributed by atoms with E-state index in [1.54, 1.807) is 0 Å². The molecule has 0 radical (unpaired) electrons. The number of hydrogen-bond donors (Lipinski definition) is 4. The van der Waals surface area contributed by atoms with Gasteiger partial charge in [-0.2, -0.15) is 0 Å². The molecule has 0 aliphatic heterocycles. The van der Waals surface area contributed by atoms with Gasteiger partial charge in [0, 0.05) is 19.7 Å². The van der Waals surface area contributed by atoms with Crippen LogP contribution in [0.15, 0.2) is 39.9 Å². The highest BCUT2D eigenvalue weighted by Crippen LogP contribution is 2.32. The molecule has 8 heteroatoms. The van der Waals surface area contributed by atoms with Crippen molar-refractivity contribution in [2.24, 2.45) is 0 Å². The summed E-state index contributed by atoms with van der Waals surface area (Å²) in [4.78, 5) is 41.0. The number of aromatic amines is 2. The van der Waals surface area contributed by atoms with Crippen LogP contribution in [0.1, 0.15) is 47.7 Å². The fraction of sp³-hybridized carbons (Fsp3) is 0.450. The molecule has 1 saturated carbocycles. The zero-order valence-corrected chi connectivity index (χ0v) is 15.9. The molecule has 0 spiro atoms. The van der Waals surface area contributed by atoms with Crippen LogP contribution in [0.4, 0.5) is 5.69 Å². The Morgan fingerprint density at radius 3 is 2.50 bits per heavy atom. The molecule has 3 rings (SSSR count). The van der Waals surface area contributed by atoms with E-state index >= 15 is 0 Å². The fourth-order valence-corrected chi connectivity index (χ4v) is 3.66. The monoisotopic (exact) mass is 386 g/mol. The highest BCUT2D eigenvalue weighted by atomic mass is 16.5. The fourth-order valence-electron chi connectivity index (χ4n) is 3.66. The van der Waals surface area contributed by atoms with E-state index in [9.17, 15) is 14.4 Å². The molecule has 1 heterocycles. The topological polar surface area (TPSA) is 116 Å². The largest absolute Gasteiger partial charge is 0.383 e. The Bertz CT molecular complexity index is 898. The first-order valence-corrected chi connectivity index (χ1v) is 9.53. The summed E-state index contributed by atoms with van der Waals surface area (Å²) >= 11 is 0. The average Bonchev–Trinajstić information content (AvgIpc) is 2.70. The number of methoxy groups -OCH3 is 1. The minimum absolute atomic E-state index is 0.0158. The lowest BCUT2D eigenvalue weighted by atomic mass is 9.82. The van der Waals surface area contributed by atoms with Crippen molar-refractivity contribution in [2.45, 2.75) is 37.6 Å². The molecule has 150 valence electrons.